The Balaban J connectivity index is 1.74. The van der Waals surface area contributed by atoms with Crippen LogP contribution >= 0.6 is 0 Å². The molecule has 3 aromatic rings. The second kappa shape index (κ2) is 6.83. The van der Waals surface area contributed by atoms with E-state index in [4.69, 9.17) is 4.74 Å². The maximum Gasteiger partial charge on any atom is 0.185 e. The van der Waals surface area contributed by atoms with Gasteiger partial charge in [-0.2, -0.15) is 0 Å². The number of hydrogen-bond donors (Lipinski definition) is 1. The molecule has 1 N–H and O–H groups in total. The van der Waals surface area contributed by atoms with Gasteiger partial charge in [-0.05, 0) is 42.0 Å². The van der Waals surface area contributed by atoms with Gasteiger partial charge in [-0.15, -0.1) is 0 Å². The number of phenols is 1. The molecular weight excluding hydrogens is 304 g/mol. The molecule has 1 aromatic heterocycles. The lowest BCUT2D eigenvalue weighted by molar-refractivity contribution is 0.104. The molecule has 0 bridgehead atoms. The summed E-state index contributed by atoms with van der Waals surface area (Å²) < 4.78 is 6.92. The van der Waals surface area contributed by atoms with Gasteiger partial charge in [0.15, 0.2) is 17.3 Å². The number of nitrogens with zero attached hydrogens (tertiary/aromatic N) is 2. The molecule has 0 radical (unpaired) electrons. The molecule has 0 saturated carbocycles. The van der Waals surface area contributed by atoms with E-state index in [9.17, 15) is 9.90 Å². The van der Waals surface area contributed by atoms with Gasteiger partial charge in [-0.25, -0.2) is 4.98 Å². The number of benzene rings is 2. The molecule has 24 heavy (non-hydrogen) atoms. The van der Waals surface area contributed by atoms with Crippen LogP contribution in [0.4, 0.5) is 0 Å². The summed E-state index contributed by atoms with van der Waals surface area (Å²) in [5.74, 6) is 0.124. The van der Waals surface area contributed by atoms with Gasteiger partial charge >= 0.3 is 0 Å². The van der Waals surface area contributed by atoms with Gasteiger partial charge in [-0.1, -0.05) is 18.2 Å². The van der Waals surface area contributed by atoms with E-state index in [1.54, 1.807) is 24.7 Å². The predicted octanol–water partition coefficient (Wildman–Crippen LogP) is 3.48. The smallest absolute Gasteiger partial charge is 0.185 e. The lowest BCUT2D eigenvalue weighted by Gasteiger charge is -2.04. The fourth-order valence-corrected chi connectivity index (χ4v) is 2.27. The minimum atomic E-state index is -0.160. The van der Waals surface area contributed by atoms with Crippen LogP contribution in [0.1, 0.15) is 15.9 Å². The van der Waals surface area contributed by atoms with Crippen LogP contribution < -0.4 is 4.74 Å². The summed E-state index contributed by atoms with van der Waals surface area (Å²) >= 11 is 0. The Kier molecular flexibility index (Phi) is 4.43. The highest BCUT2D eigenvalue weighted by molar-refractivity contribution is 6.07. The van der Waals surface area contributed by atoms with E-state index >= 15 is 0 Å². The van der Waals surface area contributed by atoms with Crippen molar-refractivity contribution < 1.29 is 14.6 Å². The fraction of sp³-hybridized carbons (Fsp3) is 0.0526. The first-order chi connectivity index (χ1) is 11.7. The molecule has 0 spiro atoms. The van der Waals surface area contributed by atoms with Crippen molar-refractivity contribution >= 4 is 11.9 Å². The monoisotopic (exact) mass is 320 g/mol. The molecule has 5 nitrogen and oxygen atoms in total. The number of phenolic OH excluding ortho intramolecular Hbond substituents is 1. The molecular formula is C19H16N2O3. The molecule has 3 rings (SSSR count). The molecule has 0 unspecified atom stereocenters. The van der Waals surface area contributed by atoms with Crippen molar-refractivity contribution in [1.82, 2.24) is 9.55 Å². The number of carbonyl (C=O) groups excluding carboxylic acids is 1. The van der Waals surface area contributed by atoms with Crippen LogP contribution in [0.5, 0.6) is 11.5 Å². The lowest BCUT2D eigenvalue weighted by atomic mass is 10.1. The topological polar surface area (TPSA) is 64.4 Å². The van der Waals surface area contributed by atoms with E-state index < -0.39 is 0 Å². The maximum absolute atomic E-state index is 12.2. The Morgan fingerprint density at radius 2 is 2.00 bits per heavy atom. The number of aromatic nitrogens is 2. The molecule has 0 saturated heterocycles. The van der Waals surface area contributed by atoms with Crippen molar-refractivity contribution in [3.05, 3.63) is 78.4 Å². The summed E-state index contributed by atoms with van der Waals surface area (Å²) in [6.45, 7) is 0. The summed E-state index contributed by atoms with van der Waals surface area (Å²) in [7, 11) is 1.45. The molecule has 0 amide bonds. The Labute approximate surface area is 139 Å². The summed E-state index contributed by atoms with van der Waals surface area (Å²) in [4.78, 5) is 16.2. The average Bonchev–Trinajstić information content (AvgIpc) is 3.15. The predicted molar refractivity (Wildman–Crippen MR) is 91.6 cm³/mol. The third-order valence-electron chi connectivity index (χ3n) is 3.59. The highest BCUT2D eigenvalue weighted by Crippen LogP contribution is 2.26. The van der Waals surface area contributed by atoms with Crippen molar-refractivity contribution in [2.45, 2.75) is 0 Å². The largest absolute Gasteiger partial charge is 0.504 e. The number of imidazole rings is 1. The Hall–Kier alpha value is -3.34. The van der Waals surface area contributed by atoms with Gasteiger partial charge in [-0.3, -0.25) is 4.79 Å². The zero-order valence-electron chi connectivity index (χ0n) is 13.1. The summed E-state index contributed by atoms with van der Waals surface area (Å²) in [5, 5.41) is 9.57. The minimum absolute atomic E-state index is 0.00752. The number of ketones is 1. The van der Waals surface area contributed by atoms with Crippen LogP contribution in [0.15, 0.2) is 67.3 Å². The van der Waals surface area contributed by atoms with Gasteiger partial charge in [0, 0.05) is 23.6 Å². The molecule has 0 aliphatic rings. The highest BCUT2D eigenvalue weighted by Gasteiger charge is 2.07. The summed E-state index contributed by atoms with van der Waals surface area (Å²) in [6, 6.07) is 12.3. The van der Waals surface area contributed by atoms with Crippen LogP contribution in [0, 0.1) is 0 Å². The van der Waals surface area contributed by atoms with Gasteiger partial charge in [0.05, 0.1) is 13.4 Å². The first kappa shape index (κ1) is 15.6. The number of carbonyl (C=O) groups is 1. The van der Waals surface area contributed by atoms with Crippen LogP contribution in [0.25, 0.3) is 11.8 Å². The minimum Gasteiger partial charge on any atom is -0.504 e. The zero-order valence-corrected chi connectivity index (χ0v) is 13.1. The van der Waals surface area contributed by atoms with Crippen molar-refractivity contribution in [2.75, 3.05) is 7.11 Å². The molecule has 0 fully saturated rings. The van der Waals surface area contributed by atoms with E-state index in [-0.39, 0.29) is 17.3 Å². The maximum atomic E-state index is 12.2. The van der Waals surface area contributed by atoms with Crippen LogP contribution in [-0.4, -0.2) is 27.6 Å². The van der Waals surface area contributed by atoms with E-state index in [2.05, 4.69) is 4.98 Å². The number of aromatic hydroxyl groups is 1. The number of hydrogen-bond acceptors (Lipinski definition) is 4. The molecule has 0 aliphatic carbocycles. The van der Waals surface area contributed by atoms with Crippen LogP contribution in [0.3, 0.4) is 0 Å². The van der Waals surface area contributed by atoms with Gasteiger partial charge in [0.25, 0.3) is 0 Å². The lowest BCUT2D eigenvalue weighted by Crippen LogP contribution is -1.95. The number of rotatable bonds is 5. The summed E-state index contributed by atoms with van der Waals surface area (Å²) in [6.07, 6.45) is 8.56. The van der Waals surface area contributed by atoms with Crippen molar-refractivity contribution in [3.8, 4) is 17.2 Å². The molecule has 120 valence electrons. The Morgan fingerprint density at radius 3 is 2.67 bits per heavy atom. The quantitative estimate of drug-likeness (QED) is 0.577. The Morgan fingerprint density at radius 1 is 1.21 bits per heavy atom. The van der Waals surface area contributed by atoms with Crippen molar-refractivity contribution in [1.29, 1.82) is 0 Å². The normalized spacial score (nSPS) is 10.9. The van der Waals surface area contributed by atoms with Gasteiger partial charge in [0.1, 0.15) is 0 Å². The standard InChI is InChI=1S/C19H16N2O3/c1-24-19-12-15(5-9-18(19)23)17(22)8-4-14-2-6-16(7-3-14)21-11-10-20-13-21/h2-13,23H,1H3/b8-4+. The van der Waals surface area contributed by atoms with Crippen LogP contribution in [-0.2, 0) is 0 Å². The average molecular weight is 320 g/mol. The van der Waals surface area contributed by atoms with Crippen LogP contribution in [0.2, 0.25) is 0 Å². The van der Waals surface area contributed by atoms with Crippen molar-refractivity contribution in [2.24, 2.45) is 0 Å². The summed E-state index contributed by atoms with van der Waals surface area (Å²) in [5.41, 5.74) is 2.37. The van der Waals surface area contributed by atoms with E-state index in [1.807, 2.05) is 35.0 Å². The number of methoxy groups -OCH3 is 1. The highest BCUT2D eigenvalue weighted by atomic mass is 16.5. The third-order valence-corrected chi connectivity index (χ3v) is 3.59. The second-order valence-corrected chi connectivity index (χ2v) is 5.15. The van der Waals surface area contributed by atoms with E-state index in [0.717, 1.165) is 11.3 Å². The first-order valence-electron chi connectivity index (χ1n) is 7.35. The first-order valence-corrected chi connectivity index (χ1v) is 7.35. The third kappa shape index (κ3) is 3.35. The van der Waals surface area contributed by atoms with Gasteiger partial charge in [0.2, 0.25) is 0 Å². The molecule has 5 heteroatoms. The molecule has 0 atom stereocenters. The fourth-order valence-electron chi connectivity index (χ4n) is 2.27. The zero-order chi connectivity index (χ0) is 16.9. The molecule has 2 aromatic carbocycles. The van der Waals surface area contributed by atoms with Crippen molar-refractivity contribution in [3.63, 3.8) is 0 Å². The Bertz CT molecular complexity index is 866. The number of allylic oxidation sites excluding steroid dienone is 1. The SMILES string of the molecule is COc1cc(C(=O)/C=C/c2ccc(-n3ccnc3)cc2)ccc1O. The molecule has 0 aliphatic heterocycles. The number of ether oxygens (including phenoxy) is 1. The van der Waals surface area contributed by atoms with E-state index in [1.165, 1.54) is 25.3 Å². The molecule has 1 heterocycles. The van der Waals surface area contributed by atoms with Gasteiger partial charge < -0.3 is 14.4 Å². The van der Waals surface area contributed by atoms with E-state index in [0.29, 0.717) is 5.56 Å². The second-order valence-electron chi connectivity index (χ2n) is 5.15.